The highest BCUT2D eigenvalue weighted by molar-refractivity contribution is 5.69. The quantitative estimate of drug-likeness (QED) is 0.0543. The fourth-order valence-corrected chi connectivity index (χ4v) is 6.89. The smallest absolute Gasteiger partial charge is 0.306 e. The second kappa shape index (κ2) is 37.7. The molecule has 0 heterocycles. The van der Waals surface area contributed by atoms with Crippen molar-refractivity contribution in [2.75, 3.05) is 0 Å². The standard InChI is InChI=1S/C43H84O2/c1-4-6-8-10-11-12-13-14-15-16-17-21-24-27-31-35-39-42(43(44)45)40-36-32-28-25-22-19-18-20-23-26-30-34-38-41(3)37-33-29-9-7-5-2/h34,38,41-42H,4-33,35-37,39-40H2,1-3H3,(H,44,45). The van der Waals surface area contributed by atoms with Gasteiger partial charge in [0.05, 0.1) is 5.92 Å². The van der Waals surface area contributed by atoms with Crippen LogP contribution in [0.5, 0.6) is 0 Å². The Morgan fingerprint density at radius 3 is 1.07 bits per heavy atom. The van der Waals surface area contributed by atoms with E-state index in [1.165, 1.54) is 199 Å². The monoisotopic (exact) mass is 633 g/mol. The summed E-state index contributed by atoms with van der Waals surface area (Å²) < 4.78 is 0. The van der Waals surface area contributed by atoms with Crippen LogP contribution >= 0.6 is 0 Å². The van der Waals surface area contributed by atoms with Gasteiger partial charge >= 0.3 is 5.97 Å². The molecule has 0 bridgehead atoms. The van der Waals surface area contributed by atoms with E-state index in [0.717, 1.165) is 31.6 Å². The molecule has 1 N–H and O–H groups in total. The van der Waals surface area contributed by atoms with Crippen LogP contribution in [0.3, 0.4) is 0 Å². The number of hydrogen-bond acceptors (Lipinski definition) is 1. The van der Waals surface area contributed by atoms with Crippen LogP contribution in [0.2, 0.25) is 0 Å². The van der Waals surface area contributed by atoms with Crippen molar-refractivity contribution in [3.63, 3.8) is 0 Å². The van der Waals surface area contributed by atoms with Crippen molar-refractivity contribution in [3.05, 3.63) is 12.2 Å². The van der Waals surface area contributed by atoms with E-state index in [0.29, 0.717) is 0 Å². The maximum Gasteiger partial charge on any atom is 0.306 e. The lowest BCUT2D eigenvalue weighted by atomic mass is 9.94. The first-order valence-electron chi connectivity index (χ1n) is 21.0. The van der Waals surface area contributed by atoms with Gasteiger partial charge < -0.3 is 5.11 Å². The van der Waals surface area contributed by atoms with E-state index in [4.69, 9.17) is 0 Å². The molecule has 0 fully saturated rings. The van der Waals surface area contributed by atoms with Gasteiger partial charge in [0, 0.05) is 0 Å². The summed E-state index contributed by atoms with van der Waals surface area (Å²) >= 11 is 0. The molecule has 0 aromatic heterocycles. The van der Waals surface area contributed by atoms with E-state index in [1.54, 1.807) is 0 Å². The molecule has 0 aromatic carbocycles. The van der Waals surface area contributed by atoms with E-state index < -0.39 is 5.97 Å². The van der Waals surface area contributed by atoms with Crippen LogP contribution in [0.4, 0.5) is 0 Å². The number of carbonyl (C=O) groups is 1. The number of carboxylic acids is 1. The highest BCUT2D eigenvalue weighted by Gasteiger charge is 2.16. The maximum absolute atomic E-state index is 11.7. The summed E-state index contributed by atoms with van der Waals surface area (Å²) in [6.07, 6.45) is 51.4. The maximum atomic E-state index is 11.7. The van der Waals surface area contributed by atoms with E-state index in [1.807, 2.05) is 0 Å². The van der Waals surface area contributed by atoms with Crippen molar-refractivity contribution in [1.29, 1.82) is 0 Å². The predicted octanol–water partition coefficient (Wildman–Crippen LogP) is 15.6. The fraction of sp³-hybridized carbons (Fsp3) is 0.930. The second-order valence-electron chi connectivity index (χ2n) is 14.8. The van der Waals surface area contributed by atoms with Crippen molar-refractivity contribution < 1.29 is 9.90 Å². The predicted molar refractivity (Wildman–Crippen MR) is 202 cm³/mol. The Balaban J connectivity index is 3.44. The Morgan fingerprint density at radius 1 is 0.444 bits per heavy atom. The van der Waals surface area contributed by atoms with Crippen LogP contribution in [0.25, 0.3) is 0 Å². The summed E-state index contributed by atoms with van der Waals surface area (Å²) in [7, 11) is 0. The molecule has 0 aliphatic rings. The number of carboxylic acid groups (broad SMARTS) is 1. The third-order valence-electron chi connectivity index (χ3n) is 10.2. The van der Waals surface area contributed by atoms with E-state index in [2.05, 4.69) is 32.9 Å². The Labute approximate surface area is 284 Å². The molecule has 0 amide bonds. The molecule has 0 rings (SSSR count). The topological polar surface area (TPSA) is 37.3 Å². The van der Waals surface area contributed by atoms with Crippen LogP contribution in [0.15, 0.2) is 12.2 Å². The van der Waals surface area contributed by atoms with Crippen molar-refractivity contribution in [2.45, 2.75) is 245 Å². The largest absolute Gasteiger partial charge is 0.481 e. The highest BCUT2D eigenvalue weighted by Crippen LogP contribution is 2.21. The van der Waals surface area contributed by atoms with Gasteiger partial charge in [-0.15, -0.1) is 0 Å². The lowest BCUT2D eigenvalue weighted by Gasteiger charge is -2.12. The van der Waals surface area contributed by atoms with Crippen molar-refractivity contribution in [1.82, 2.24) is 0 Å². The minimum atomic E-state index is -0.557. The van der Waals surface area contributed by atoms with Gasteiger partial charge in [-0.3, -0.25) is 4.79 Å². The molecular weight excluding hydrogens is 548 g/mol. The van der Waals surface area contributed by atoms with Gasteiger partial charge in [0.1, 0.15) is 0 Å². The summed E-state index contributed by atoms with van der Waals surface area (Å²) in [5.41, 5.74) is 0. The summed E-state index contributed by atoms with van der Waals surface area (Å²) in [5.74, 6) is 0.0920. The van der Waals surface area contributed by atoms with E-state index in [-0.39, 0.29) is 5.92 Å². The average molecular weight is 633 g/mol. The first-order valence-corrected chi connectivity index (χ1v) is 21.0. The summed E-state index contributed by atoms with van der Waals surface area (Å²) in [4.78, 5) is 11.7. The number of aliphatic carboxylic acids is 1. The Bertz CT molecular complexity index is 597. The summed E-state index contributed by atoms with van der Waals surface area (Å²) in [6.45, 7) is 6.96. The van der Waals surface area contributed by atoms with Crippen molar-refractivity contribution in [2.24, 2.45) is 11.8 Å². The molecule has 0 aliphatic heterocycles. The molecular formula is C43H84O2. The van der Waals surface area contributed by atoms with Gasteiger partial charge in [0.25, 0.3) is 0 Å². The molecule has 2 heteroatoms. The second-order valence-corrected chi connectivity index (χ2v) is 14.8. The lowest BCUT2D eigenvalue weighted by Crippen LogP contribution is -2.13. The fourth-order valence-electron chi connectivity index (χ4n) is 6.89. The number of hydrogen-bond donors (Lipinski definition) is 1. The zero-order chi connectivity index (χ0) is 32.9. The Kier molecular flexibility index (Phi) is 37.0. The molecule has 0 radical (unpaired) electrons. The van der Waals surface area contributed by atoms with Gasteiger partial charge in [0.2, 0.25) is 0 Å². The van der Waals surface area contributed by atoms with Gasteiger partial charge in [-0.05, 0) is 38.0 Å². The number of allylic oxidation sites excluding steroid dienone is 2. The Morgan fingerprint density at radius 2 is 0.733 bits per heavy atom. The zero-order valence-corrected chi connectivity index (χ0v) is 31.4. The molecule has 0 saturated carbocycles. The minimum absolute atomic E-state index is 0.106. The molecule has 0 saturated heterocycles. The van der Waals surface area contributed by atoms with Gasteiger partial charge in [-0.25, -0.2) is 0 Å². The van der Waals surface area contributed by atoms with Crippen LogP contribution < -0.4 is 0 Å². The molecule has 0 spiro atoms. The minimum Gasteiger partial charge on any atom is -0.481 e. The molecule has 268 valence electrons. The SMILES string of the molecule is CCCCCCCCCCCCCCCCCCC(CCCCCCCCCCCCC=CC(C)CCCCCCC)C(=O)O. The lowest BCUT2D eigenvalue weighted by molar-refractivity contribution is -0.142. The van der Waals surface area contributed by atoms with Crippen LogP contribution in [-0.2, 0) is 4.79 Å². The highest BCUT2D eigenvalue weighted by atomic mass is 16.4. The molecule has 0 aliphatic carbocycles. The van der Waals surface area contributed by atoms with E-state index in [9.17, 15) is 9.90 Å². The Hall–Kier alpha value is -0.790. The third-order valence-corrected chi connectivity index (χ3v) is 10.2. The molecule has 0 aromatic rings. The van der Waals surface area contributed by atoms with Crippen LogP contribution in [0.1, 0.15) is 245 Å². The van der Waals surface area contributed by atoms with Gasteiger partial charge in [0.15, 0.2) is 0 Å². The van der Waals surface area contributed by atoms with Crippen molar-refractivity contribution >= 4 is 5.97 Å². The van der Waals surface area contributed by atoms with Crippen LogP contribution in [0, 0.1) is 11.8 Å². The molecule has 45 heavy (non-hydrogen) atoms. The first-order chi connectivity index (χ1) is 22.1. The number of unbranched alkanes of at least 4 members (excludes halogenated alkanes) is 29. The van der Waals surface area contributed by atoms with Gasteiger partial charge in [-0.1, -0.05) is 226 Å². The van der Waals surface area contributed by atoms with Crippen molar-refractivity contribution in [3.8, 4) is 0 Å². The molecule has 2 unspecified atom stereocenters. The van der Waals surface area contributed by atoms with Crippen LogP contribution in [-0.4, -0.2) is 11.1 Å². The van der Waals surface area contributed by atoms with Gasteiger partial charge in [-0.2, -0.15) is 0 Å². The molecule has 2 nitrogen and oxygen atoms in total. The van der Waals surface area contributed by atoms with E-state index >= 15 is 0 Å². The first kappa shape index (κ1) is 44.2. The number of rotatable bonds is 38. The third kappa shape index (κ3) is 35.9. The average Bonchev–Trinajstić information content (AvgIpc) is 3.03. The molecule has 2 atom stereocenters. The summed E-state index contributed by atoms with van der Waals surface area (Å²) in [5, 5.41) is 9.67. The summed E-state index contributed by atoms with van der Waals surface area (Å²) in [6, 6.07) is 0. The zero-order valence-electron chi connectivity index (χ0n) is 31.4. The normalized spacial score (nSPS) is 13.1.